The van der Waals surface area contributed by atoms with E-state index in [0.717, 1.165) is 6.07 Å². The minimum atomic E-state index is -0.984. The average molecular weight is 305 g/mol. The van der Waals surface area contributed by atoms with Crippen molar-refractivity contribution in [3.05, 3.63) is 32.8 Å². The molecule has 1 aromatic carbocycles. The minimum absolute atomic E-state index is 0.0982. The van der Waals surface area contributed by atoms with E-state index < -0.39 is 22.3 Å². The summed E-state index contributed by atoms with van der Waals surface area (Å²) in [5, 5.41) is 31.6. The molecule has 2 rings (SSSR count). The third-order valence-corrected chi connectivity index (χ3v) is 4.21. The van der Waals surface area contributed by atoms with Crippen LogP contribution >= 0.6 is 23.4 Å². The molecule has 1 aliphatic heterocycles. The Morgan fingerprint density at radius 1 is 1.58 bits per heavy atom. The molecule has 19 heavy (non-hydrogen) atoms. The van der Waals surface area contributed by atoms with Crippen LogP contribution in [0.15, 0.2) is 12.1 Å². The Kier molecular flexibility index (Phi) is 3.83. The van der Waals surface area contributed by atoms with Gasteiger partial charge in [-0.15, -0.1) is 11.8 Å². The zero-order chi connectivity index (χ0) is 14.2. The summed E-state index contributed by atoms with van der Waals surface area (Å²) in [6.45, 7) is 0. The number of carboxylic acids is 1. The first kappa shape index (κ1) is 13.9. The molecule has 2 unspecified atom stereocenters. The second kappa shape index (κ2) is 5.24. The van der Waals surface area contributed by atoms with Gasteiger partial charge in [-0.25, -0.2) is 0 Å². The van der Waals surface area contributed by atoms with Gasteiger partial charge in [0.25, 0.3) is 5.69 Å². The first-order chi connectivity index (χ1) is 8.90. The van der Waals surface area contributed by atoms with Gasteiger partial charge >= 0.3 is 5.97 Å². The van der Waals surface area contributed by atoms with E-state index >= 15 is 0 Å². The van der Waals surface area contributed by atoms with Crippen molar-refractivity contribution in [1.29, 1.82) is 0 Å². The number of halogens is 1. The predicted molar refractivity (Wildman–Crippen MR) is 69.5 cm³/mol. The van der Waals surface area contributed by atoms with Crippen molar-refractivity contribution >= 4 is 35.0 Å². The molecule has 7 nitrogen and oxygen atoms in total. The molecule has 102 valence electrons. The first-order valence-electron chi connectivity index (χ1n) is 5.17. The van der Waals surface area contributed by atoms with E-state index in [1.807, 2.05) is 0 Å². The number of phenolic OH excluding ortho intramolecular Hbond substituents is 1. The van der Waals surface area contributed by atoms with Gasteiger partial charge < -0.3 is 10.2 Å². The highest BCUT2D eigenvalue weighted by molar-refractivity contribution is 7.99. The van der Waals surface area contributed by atoms with Gasteiger partial charge in [0.2, 0.25) is 0 Å². The molecule has 0 bridgehead atoms. The van der Waals surface area contributed by atoms with Crippen LogP contribution < -0.4 is 5.32 Å². The third-order valence-electron chi connectivity index (χ3n) is 2.66. The highest BCUT2D eigenvalue weighted by atomic mass is 35.5. The van der Waals surface area contributed by atoms with Gasteiger partial charge in [0.1, 0.15) is 16.8 Å². The summed E-state index contributed by atoms with van der Waals surface area (Å²) >= 11 is 7.06. The largest absolute Gasteiger partial charge is 0.507 e. The molecule has 0 aliphatic carbocycles. The van der Waals surface area contributed by atoms with Crippen LogP contribution in [0.5, 0.6) is 5.75 Å². The lowest BCUT2D eigenvalue weighted by Gasteiger charge is -2.13. The molecule has 1 aromatic rings. The highest BCUT2D eigenvalue weighted by Gasteiger charge is 2.32. The second-order valence-corrected chi connectivity index (χ2v) is 5.44. The summed E-state index contributed by atoms with van der Waals surface area (Å²) in [4.78, 5) is 20.8. The maximum Gasteiger partial charge on any atom is 0.321 e. The smallest absolute Gasteiger partial charge is 0.321 e. The van der Waals surface area contributed by atoms with E-state index in [1.54, 1.807) is 0 Å². The van der Waals surface area contributed by atoms with Crippen LogP contribution in [-0.4, -0.2) is 32.9 Å². The molecule has 0 spiro atoms. The topological polar surface area (TPSA) is 113 Å². The zero-order valence-electron chi connectivity index (χ0n) is 9.37. The number of rotatable bonds is 3. The van der Waals surface area contributed by atoms with Crippen LogP contribution in [0.4, 0.5) is 5.69 Å². The second-order valence-electron chi connectivity index (χ2n) is 3.89. The van der Waals surface area contributed by atoms with Gasteiger partial charge in [-0.3, -0.25) is 20.2 Å². The van der Waals surface area contributed by atoms with Gasteiger partial charge in [0.05, 0.1) is 16.4 Å². The third kappa shape index (κ3) is 2.75. The van der Waals surface area contributed by atoms with Crippen molar-refractivity contribution in [2.75, 3.05) is 5.75 Å². The molecule has 0 radical (unpaired) electrons. The van der Waals surface area contributed by atoms with E-state index in [1.165, 1.54) is 17.8 Å². The maximum absolute atomic E-state index is 10.8. The number of hydrogen-bond donors (Lipinski definition) is 3. The Morgan fingerprint density at radius 3 is 2.79 bits per heavy atom. The van der Waals surface area contributed by atoms with Crippen molar-refractivity contribution in [3.63, 3.8) is 0 Å². The summed E-state index contributed by atoms with van der Waals surface area (Å²) in [6, 6.07) is 1.53. The molecule has 3 N–H and O–H groups in total. The summed E-state index contributed by atoms with van der Waals surface area (Å²) in [7, 11) is 0. The Balaban J connectivity index is 2.29. The number of aromatic hydroxyl groups is 1. The Labute approximate surface area is 116 Å². The van der Waals surface area contributed by atoms with Crippen molar-refractivity contribution in [2.45, 2.75) is 11.4 Å². The molecule has 1 aliphatic rings. The molecule has 1 fully saturated rings. The van der Waals surface area contributed by atoms with Crippen LogP contribution in [0.3, 0.4) is 0 Å². The van der Waals surface area contributed by atoms with Gasteiger partial charge in [-0.2, -0.15) is 0 Å². The zero-order valence-corrected chi connectivity index (χ0v) is 10.9. The molecule has 2 atom stereocenters. The number of nitro groups is 1. The lowest BCUT2D eigenvalue weighted by Crippen LogP contribution is -2.33. The van der Waals surface area contributed by atoms with Crippen molar-refractivity contribution < 1.29 is 19.9 Å². The van der Waals surface area contributed by atoms with E-state index in [4.69, 9.17) is 16.7 Å². The van der Waals surface area contributed by atoms with Gasteiger partial charge in [-0.05, 0) is 6.07 Å². The molecular weight excluding hydrogens is 296 g/mol. The van der Waals surface area contributed by atoms with Crippen LogP contribution in [0.1, 0.15) is 10.9 Å². The van der Waals surface area contributed by atoms with E-state index in [-0.39, 0.29) is 16.5 Å². The summed E-state index contributed by atoms with van der Waals surface area (Å²) < 4.78 is 0. The van der Waals surface area contributed by atoms with Gasteiger partial charge in [0, 0.05) is 11.3 Å². The number of nitrogens with zero attached hydrogens (tertiary/aromatic N) is 1. The lowest BCUT2D eigenvalue weighted by molar-refractivity contribution is -0.384. The lowest BCUT2D eigenvalue weighted by atomic mass is 10.1. The Bertz CT molecular complexity index is 553. The number of carbonyl (C=O) groups is 1. The number of hydrogen-bond acceptors (Lipinski definition) is 6. The number of phenols is 1. The Morgan fingerprint density at radius 2 is 2.26 bits per heavy atom. The quantitative estimate of drug-likeness (QED) is 0.576. The Hall–Kier alpha value is -1.51. The number of benzene rings is 1. The normalized spacial score (nSPS) is 22.4. The molecule has 1 saturated heterocycles. The van der Waals surface area contributed by atoms with Gasteiger partial charge in [0.15, 0.2) is 0 Å². The highest BCUT2D eigenvalue weighted by Crippen LogP contribution is 2.41. The number of carboxylic acid groups (broad SMARTS) is 1. The number of nitro benzene ring substituents is 1. The molecule has 0 amide bonds. The fourth-order valence-electron chi connectivity index (χ4n) is 1.71. The molecule has 0 saturated carbocycles. The van der Waals surface area contributed by atoms with Crippen molar-refractivity contribution in [2.24, 2.45) is 0 Å². The van der Waals surface area contributed by atoms with Crippen LogP contribution in [0, 0.1) is 10.1 Å². The maximum atomic E-state index is 10.8. The standard InChI is InChI=1S/C10H9ClN2O5S/c11-5-1-4(8(14)2-7(5)13(17)18)9-12-6(3-19-9)10(15)16/h1-2,6,9,12,14H,3H2,(H,15,16). The fourth-order valence-corrected chi connectivity index (χ4v) is 3.20. The van der Waals surface area contributed by atoms with E-state index in [0.29, 0.717) is 11.3 Å². The van der Waals surface area contributed by atoms with Crippen LogP contribution in [-0.2, 0) is 4.79 Å². The molecular formula is C10H9ClN2O5S. The van der Waals surface area contributed by atoms with Crippen molar-refractivity contribution in [3.8, 4) is 5.75 Å². The van der Waals surface area contributed by atoms with E-state index in [9.17, 15) is 20.0 Å². The average Bonchev–Trinajstić information content (AvgIpc) is 2.80. The van der Waals surface area contributed by atoms with Gasteiger partial charge in [-0.1, -0.05) is 11.6 Å². The summed E-state index contributed by atoms with van der Waals surface area (Å²) in [6.07, 6.45) is 0. The molecule has 9 heteroatoms. The number of aliphatic carboxylic acids is 1. The first-order valence-corrected chi connectivity index (χ1v) is 6.60. The molecule has 0 aromatic heterocycles. The summed E-state index contributed by atoms with van der Waals surface area (Å²) in [5.41, 5.74) is -0.0509. The SMILES string of the molecule is O=C(O)C1CSC(c2cc(Cl)c([N+](=O)[O-])cc2O)N1. The minimum Gasteiger partial charge on any atom is -0.507 e. The number of nitrogens with one attached hydrogen (secondary N) is 1. The van der Waals surface area contributed by atoms with Crippen LogP contribution in [0.2, 0.25) is 5.02 Å². The molecule has 1 heterocycles. The monoisotopic (exact) mass is 304 g/mol. The van der Waals surface area contributed by atoms with Crippen molar-refractivity contribution in [1.82, 2.24) is 5.32 Å². The van der Waals surface area contributed by atoms with Crippen LogP contribution in [0.25, 0.3) is 0 Å². The summed E-state index contributed by atoms with van der Waals surface area (Å²) in [5.74, 6) is -0.928. The van der Waals surface area contributed by atoms with E-state index in [2.05, 4.69) is 5.32 Å². The fraction of sp³-hybridized carbons (Fsp3) is 0.300. The number of thioether (sulfide) groups is 1. The predicted octanol–water partition coefficient (Wildman–Crippen LogP) is 1.74.